The molecule has 1 unspecified atom stereocenters. The highest BCUT2D eigenvalue weighted by Gasteiger charge is 2.33. The van der Waals surface area contributed by atoms with Gasteiger partial charge in [-0.2, -0.15) is 0 Å². The summed E-state index contributed by atoms with van der Waals surface area (Å²) in [4.78, 5) is 0.355. The molecule has 2 aromatic rings. The number of rotatable bonds is 2. The van der Waals surface area contributed by atoms with Gasteiger partial charge in [0.15, 0.2) is 0 Å². The third-order valence-electron chi connectivity index (χ3n) is 5.14. The van der Waals surface area contributed by atoms with E-state index in [1.807, 2.05) is 37.3 Å². The first-order valence-electron chi connectivity index (χ1n) is 8.40. The van der Waals surface area contributed by atoms with E-state index in [-0.39, 0.29) is 0 Å². The van der Waals surface area contributed by atoms with Crippen molar-refractivity contribution in [2.45, 2.75) is 43.6 Å². The summed E-state index contributed by atoms with van der Waals surface area (Å²) in [6.07, 6.45) is 2.89. The van der Waals surface area contributed by atoms with Crippen LogP contribution in [-0.4, -0.2) is 20.1 Å². The highest BCUT2D eigenvalue weighted by Crippen LogP contribution is 2.39. The Morgan fingerprint density at radius 1 is 1.12 bits per heavy atom. The van der Waals surface area contributed by atoms with Gasteiger partial charge in [0.05, 0.1) is 16.7 Å². The Bertz CT molecular complexity index is 905. The van der Waals surface area contributed by atoms with Crippen molar-refractivity contribution in [2.75, 3.05) is 10.8 Å². The van der Waals surface area contributed by atoms with Crippen molar-refractivity contribution in [1.82, 2.24) is 0 Å². The molecule has 0 saturated heterocycles. The summed E-state index contributed by atoms with van der Waals surface area (Å²) < 4.78 is 28.0. The molecule has 4 rings (SSSR count). The fourth-order valence-corrected chi connectivity index (χ4v) is 5.50. The van der Waals surface area contributed by atoms with Crippen LogP contribution in [0.1, 0.15) is 41.2 Å². The van der Waals surface area contributed by atoms with Crippen LogP contribution in [0.3, 0.4) is 0 Å². The number of hydrogen-bond acceptors (Lipinski definition) is 3. The maximum absolute atomic E-state index is 13.3. The summed E-state index contributed by atoms with van der Waals surface area (Å²) >= 11 is 0. The Kier molecular flexibility index (Phi) is 3.66. The zero-order valence-electron chi connectivity index (χ0n) is 13.7. The smallest absolute Gasteiger partial charge is 0.264 e. The molecule has 5 heteroatoms. The lowest BCUT2D eigenvalue weighted by atomic mass is 9.98. The lowest BCUT2D eigenvalue weighted by Crippen LogP contribution is -2.37. The first kappa shape index (κ1) is 15.7. The van der Waals surface area contributed by atoms with Gasteiger partial charge < -0.3 is 5.11 Å². The van der Waals surface area contributed by atoms with Gasteiger partial charge in [-0.25, -0.2) is 8.42 Å². The summed E-state index contributed by atoms with van der Waals surface area (Å²) in [5.41, 5.74) is 4.62. The van der Waals surface area contributed by atoms with Crippen LogP contribution in [0.4, 0.5) is 5.69 Å². The van der Waals surface area contributed by atoms with Crippen molar-refractivity contribution < 1.29 is 13.5 Å². The van der Waals surface area contributed by atoms with Crippen LogP contribution < -0.4 is 4.31 Å². The Morgan fingerprint density at radius 2 is 1.92 bits per heavy atom. The number of aryl methyl sites for hydroxylation is 3. The van der Waals surface area contributed by atoms with Crippen molar-refractivity contribution in [3.8, 4) is 0 Å². The minimum atomic E-state index is -3.62. The molecule has 0 spiro atoms. The van der Waals surface area contributed by atoms with Crippen LogP contribution in [0.5, 0.6) is 0 Å². The summed E-state index contributed by atoms with van der Waals surface area (Å²) in [5, 5.41) is 10.2. The quantitative estimate of drug-likeness (QED) is 0.911. The topological polar surface area (TPSA) is 57.6 Å². The number of fused-ring (bicyclic) bond motifs is 2. The molecule has 1 atom stereocenters. The number of sulfonamides is 1. The zero-order valence-corrected chi connectivity index (χ0v) is 14.5. The van der Waals surface area contributed by atoms with Crippen molar-refractivity contribution in [3.63, 3.8) is 0 Å². The van der Waals surface area contributed by atoms with E-state index in [4.69, 9.17) is 0 Å². The maximum atomic E-state index is 13.3. The molecule has 1 N–H and O–H groups in total. The Morgan fingerprint density at radius 3 is 2.75 bits per heavy atom. The summed E-state index contributed by atoms with van der Waals surface area (Å²) in [6.45, 7) is 2.19. The average molecular weight is 343 g/mol. The van der Waals surface area contributed by atoms with Gasteiger partial charge in [-0.3, -0.25) is 4.31 Å². The fraction of sp³-hybridized carbons (Fsp3) is 0.368. The van der Waals surface area contributed by atoms with Gasteiger partial charge in [-0.1, -0.05) is 24.3 Å². The molecular formula is C19H21NO3S. The second-order valence-corrected chi connectivity index (χ2v) is 8.54. The fourth-order valence-electron chi connectivity index (χ4n) is 3.87. The molecule has 0 saturated carbocycles. The number of nitrogens with zero attached hydrogens (tertiary/aromatic N) is 1. The molecular weight excluding hydrogens is 322 g/mol. The third kappa shape index (κ3) is 2.34. The molecule has 0 radical (unpaired) electrons. The van der Waals surface area contributed by atoms with E-state index in [1.165, 1.54) is 9.87 Å². The van der Waals surface area contributed by atoms with Gasteiger partial charge in [0, 0.05) is 12.1 Å². The average Bonchev–Trinajstić information content (AvgIpc) is 3.03. The molecule has 24 heavy (non-hydrogen) atoms. The third-order valence-corrected chi connectivity index (χ3v) is 6.94. The van der Waals surface area contributed by atoms with Gasteiger partial charge in [-0.05, 0) is 61.4 Å². The van der Waals surface area contributed by atoms with E-state index < -0.39 is 16.1 Å². The van der Waals surface area contributed by atoms with Gasteiger partial charge in [0.2, 0.25) is 0 Å². The standard InChI is InChI=1S/C19H21NO3S/c1-13-4-2-7-17-18(21)10-11-20(19(13)17)24(22,23)16-9-8-14-5-3-6-15(14)12-16/h2,4,7-9,12,18,21H,3,5-6,10-11H2,1H3. The number of anilines is 1. The summed E-state index contributed by atoms with van der Waals surface area (Å²) in [7, 11) is -3.62. The number of aliphatic hydroxyl groups excluding tert-OH is 1. The first-order valence-corrected chi connectivity index (χ1v) is 9.84. The van der Waals surface area contributed by atoms with E-state index in [0.29, 0.717) is 29.1 Å². The van der Waals surface area contributed by atoms with Crippen LogP contribution in [0.2, 0.25) is 0 Å². The molecule has 0 bridgehead atoms. The Hall–Kier alpha value is -1.85. The van der Waals surface area contributed by atoms with E-state index in [2.05, 4.69) is 0 Å². The van der Waals surface area contributed by atoms with Crippen LogP contribution in [0.25, 0.3) is 0 Å². The normalized spacial score (nSPS) is 19.9. The number of aliphatic hydroxyl groups is 1. The van der Waals surface area contributed by atoms with Crippen molar-refractivity contribution in [2.24, 2.45) is 0 Å². The zero-order chi connectivity index (χ0) is 16.9. The summed E-state index contributed by atoms with van der Waals surface area (Å²) in [5.74, 6) is 0. The SMILES string of the molecule is Cc1cccc2c1N(S(=O)(=O)c1ccc3c(c1)CCC3)CCC2O. The molecule has 0 aromatic heterocycles. The van der Waals surface area contributed by atoms with Crippen molar-refractivity contribution >= 4 is 15.7 Å². The monoisotopic (exact) mass is 343 g/mol. The van der Waals surface area contributed by atoms with Gasteiger partial charge >= 0.3 is 0 Å². The molecule has 126 valence electrons. The maximum Gasteiger partial charge on any atom is 0.264 e. The lowest BCUT2D eigenvalue weighted by Gasteiger charge is -2.34. The van der Waals surface area contributed by atoms with Crippen LogP contribution in [-0.2, 0) is 22.9 Å². The van der Waals surface area contributed by atoms with E-state index in [9.17, 15) is 13.5 Å². The molecule has 0 fully saturated rings. The van der Waals surface area contributed by atoms with Crippen LogP contribution in [0, 0.1) is 6.92 Å². The number of para-hydroxylation sites is 1. The molecule has 1 aliphatic heterocycles. The van der Waals surface area contributed by atoms with Crippen LogP contribution >= 0.6 is 0 Å². The van der Waals surface area contributed by atoms with Gasteiger partial charge in [-0.15, -0.1) is 0 Å². The minimum absolute atomic E-state index is 0.304. The largest absolute Gasteiger partial charge is 0.388 e. The highest BCUT2D eigenvalue weighted by molar-refractivity contribution is 7.92. The minimum Gasteiger partial charge on any atom is -0.388 e. The van der Waals surface area contributed by atoms with Crippen molar-refractivity contribution in [1.29, 1.82) is 0 Å². The van der Waals surface area contributed by atoms with E-state index >= 15 is 0 Å². The summed E-state index contributed by atoms with van der Waals surface area (Å²) in [6, 6.07) is 11.1. The second-order valence-electron chi connectivity index (χ2n) is 6.68. The molecule has 0 amide bonds. The molecule has 1 heterocycles. The molecule has 4 nitrogen and oxygen atoms in total. The highest BCUT2D eigenvalue weighted by atomic mass is 32.2. The predicted octanol–water partition coefficient (Wildman–Crippen LogP) is 3.12. The first-order chi connectivity index (χ1) is 11.5. The van der Waals surface area contributed by atoms with Gasteiger partial charge in [0.1, 0.15) is 0 Å². The molecule has 2 aliphatic rings. The second kappa shape index (κ2) is 5.60. The Balaban J connectivity index is 1.83. The number of hydrogen-bond donors (Lipinski definition) is 1. The van der Waals surface area contributed by atoms with Crippen LogP contribution in [0.15, 0.2) is 41.3 Å². The lowest BCUT2D eigenvalue weighted by molar-refractivity contribution is 0.166. The number of benzene rings is 2. The van der Waals surface area contributed by atoms with E-state index in [0.717, 1.165) is 30.4 Å². The van der Waals surface area contributed by atoms with Gasteiger partial charge in [0.25, 0.3) is 10.0 Å². The van der Waals surface area contributed by atoms with Crippen molar-refractivity contribution in [3.05, 3.63) is 58.7 Å². The molecule has 1 aliphatic carbocycles. The Labute approximate surface area is 142 Å². The van der Waals surface area contributed by atoms with E-state index in [1.54, 1.807) is 6.07 Å². The predicted molar refractivity (Wildman–Crippen MR) is 93.8 cm³/mol. The molecule has 2 aromatic carbocycles.